The highest BCUT2D eigenvalue weighted by Crippen LogP contribution is 2.40. The minimum absolute atomic E-state index is 0.0192. The third-order valence-corrected chi connectivity index (χ3v) is 3.25. The van der Waals surface area contributed by atoms with E-state index in [0.717, 1.165) is 6.42 Å². The van der Waals surface area contributed by atoms with Crippen LogP contribution in [-0.4, -0.2) is 36.4 Å². The van der Waals surface area contributed by atoms with Crippen LogP contribution in [0.25, 0.3) is 0 Å². The molecule has 3 rings (SSSR count). The van der Waals surface area contributed by atoms with Gasteiger partial charge in [-0.3, -0.25) is 9.59 Å². The van der Waals surface area contributed by atoms with Crippen molar-refractivity contribution in [3.8, 4) is 0 Å². The minimum Gasteiger partial charge on any atom is -0.481 e. The molecule has 5 nitrogen and oxygen atoms in total. The number of ether oxygens (including phenoxy) is 2. The van der Waals surface area contributed by atoms with Crippen LogP contribution >= 0.6 is 0 Å². The molecule has 0 aromatic heterocycles. The van der Waals surface area contributed by atoms with Crippen LogP contribution in [0, 0.1) is 11.8 Å². The maximum atomic E-state index is 11.5. The topological polar surface area (TPSA) is 72.8 Å². The number of hydrogen-bond donors (Lipinski definition) is 1. The Bertz CT molecular complexity index is 282. The maximum absolute atomic E-state index is 11.5. The quantitative estimate of drug-likeness (QED) is 0.675. The second kappa shape index (κ2) is 3.81. The van der Waals surface area contributed by atoms with Crippen molar-refractivity contribution in [2.45, 2.75) is 31.5 Å². The van der Waals surface area contributed by atoms with Crippen LogP contribution < -0.4 is 0 Å². The molecule has 0 spiro atoms. The van der Waals surface area contributed by atoms with E-state index < -0.39 is 23.8 Å². The van der Waals surface area contributed by atoms with Gasteiger partial charge in [0.15, 0.2) is 0 Å². The summed E-state index contributed by atoms with van der Waals surface area (Å²) in [6.45, 7) is 0. The molecule has 1 aliphatic carbocycles. The van der Waals surface area contributed by atoms with E-state index in [0.29, 0.717) is 12.8 Å². The summed E-state index contributed by atoms with van der Waals surface area (Å²) in [4.78, 5) is 22.5. The highest BCUT2D eigenvalue weighted by Gasteiger charge is 2.46. The Balaban J connectivity index is 2.15. The van der Waals surface area contributed by atoms with E-state index in [1.807, 2.05) is 0 Å². The molecule has 1 N–H and O–H groups in total. The van der Waals surface area contributed by atoms with E-state index >= 15 is 0 Å². The number of hydrogen-bond acceptors (Lipinski definition) is 4. The first-order valence-electron chi connectivity index (χ1n) is 5.08. The summed E-state index contributed by atoms with van der Waals surface area (Å²) in [6.07, 6.45) is 1.83. The second-order valence-corrected chi connectivity index (χ2v) is 4.16. The summed E-state index contributed by atoms with van der Waals surface area (Å²) in [5.74, 6) is -2.57. The van der Waals surface area contributed by atoms with E-state index in [1.165, 1.54) is 7.11 Å². The Labute approximate surface area is 87.4 Å². The molecule has 5 heteroatoms. The van der Waals surface area contributed by atoms with Crippen molar-refractivity contribution in [2.24, 2.45) is 11.8 Å². The van der Waals surface area contributed by atoms with Gasteiger partial charge in [0.2, 0.25) is 0 Å². The van der Waals surface area contributed by atoms with Crippen LogP contribution in [0.2, 0.25) is 0 Å². The van der Waals surface area contributed by atoms with Crippen molar-refractivity contribution in [1.29, 1.82) is 0 Å². The number of fused-ring (bicyclic) bond motifs is 3. The number of carboxylic acids is 1. The molecule has 15 heavy (non-hydrogen) atoms. The number of carbonyl (C=O) groups excluding carboxylic acids is 1. The zero-order valence-corrected chi connectivity index (χ0v) is 8.51. The fourth-order valence-corrected chi connectivity index (χ4v) is 2.44. The van der Waals surface area contributed by atoms with Gasteiger partial charge in [-0.25, -0.2) is 0 Å². The van der Waals surface area contributed by atoms with E-state index in [9.17, 15) is 9.59 Å². The summed E-state index contributed by atoms with van der Waals surface area (Å²) in [7, 11) is 1.29. The van der Waals surface area contributed by atoms with E-state index in [4.69, 9.17) is 9.84 Å². The molecule has 84 valence electrons. The van der Waals surface area contributed by atoms with Crippen LogP contribution in [0.15, 0.2) is 0 Å². The Morgan fingerprint density at radius 3 is 2.20 bits per heavy atom. The molecule has 2 aliphatic heterocycles. The molecule has 3 aliphatic rings. The largest absolute Gasteiger partial charge is 0.481 e. The van der Waals surface area contributed by atoms with Crippen molar-refractivity contribution in [3.63, 3.8) is 0 Å². The molecule has 0 aromatic rings. The predicted octanol–water partition coefficient (Wildman–Crippen LogP) is 0.428. The summed E-state index contributed by atoms with van der Waals surface area (Å²) < 4.78 is 10.1. The Hall–Kier alpha value is -1.10. The van der Waals surface area contributed by atoms with Crippen molar-refractivity contribution >= 4 is 11.9 Å². The lowest BCUT2D eigenvalue weighted by Gasteiger charge is -2.33. The summed E-state index contributed by atoms with van der Waals surface area (Å²) in [6, 6.07) is 0. The first-order chi connectivity index (χ1) is 7.11. The van der Waals surface area contributed by atoms with E-state index in [1.54, 1.807) is 0 Å². The second-order valence-electron chi connectivity index (χ2n) is 4.16. The van der Waals surface area contributed by atoms with Crippen LogP contribution in [0.4, 0.5) is 0 Å². The van der Waals surface area contributed by atoms with Gasteiger partial charge in [0.1, 0.15) is 0 Å². The summed E-state index contributed by atoms with van der Waals surface area (Å²) in [5, 5.41) is 9.05. The molecule has 2 heterocycles. The number of esters is 1. The van der Waals surface area contributed by atoms with Crippen molar-refractivity contribution in [2.75, 3.05) is 7.11 Å². The van der Waals surface area contributed by atoms with E-state index in [2.05, 4.69) is 4.74 Å². The number of rotatable bonds is 2. The molecule has 2 bridgehead atoms. The summed E-state index contributed by atoms with van der Waals surface area (Å²) in [5.41, 5.74) is 0. The molecule has 2 saturated heterocycles. The molecular weight excluding hydrogens is 200 g/mol. The normalized spacial score (nSPS) is 38.7. The predicted molar refractivity (Wildman–Crippen MR) is 49.1 cm³/mol. The van der Waals surface area contributed by atoms with Gasteiger partial charge in [-0.05, 0) is 19.3 Å². The lowest BCUT2D eigenvalue weighted by atomic mass is 9.88. The average Bonchev–Trinajstić information content (AvgIpc) is 2.43. The third kappa shape index (κ3) is 1.84. The van der Waals surface area contributed by atoms with Crippen LogP contribution in [-0.2, 0) is 19.1 Å². The summed E-state index contributed by atoms with van der Waals surface area (Å²) >= 11 is 0. The number of methoxy groups -OCH3 is 1. The molecule has 0 aromatic carbocycles. The standard InChI is InChI=1S/C10H14O5/c1-14-10(13)8-4-6-2-5(15-6)3-7(8)9(11)12/h5-8H,2-4H2,1H3,(H,11,12). The van der Waals surface area contributed by atoms with Gasteiger partial charge in [0, 0.05) is 0 Å². The Morgan fingerprint density at radius 2 is 1.73 bits per heavy atom. The lowest BCUT2D eigenvalue weighted by Crippen LogP contribution is -2.35. The number of carbonyl (C=O) groups is 2. The molecule has 4 unspecified atom stereocenters. The van der Waals surface area contributed by atoms with Crippen LogP contribution in [0.3, 0.4) is 0 Å². The first kappa shape index (κ1) is 10.4. The molecule has 0 radical (unpaired) electrons. The highest BCUT2D eigenvalue weighted by atomic mass is 16.5. The zero-order valence-electron chi connectivity index (χ0n) is 8.51. The van der Waals surface area contributed by atoms with Crippen LogP contribution in [0.5, 0.6) is 0 Å². The smallest absolute Gasteiger partial charge is 0.309 e. The molecule has 0 amide bonds. The fraction of sp³-hybridized carbons (Fsp3) is 0.800. The minimum atomic E-state index is -0.929. The van der Waals surface area contributed by atoms with Gasteiger partial charge in [0.25, 0.3) is 0 Å². The zero-order chi connectivity index (χ0) is 11.0. The van der Waals surface area contributed by atoms with Crippen LogP contribution in [0.1, 0.15) is 19.3 Å². The molecular formula is C10H14O5. The molecule has 3 fully saturated rings. The number of carboxylic acid groups (broad SMARTS) is 1. The fourth-order valence-electron chi connectivity index (χ4n) is 2.44. The molecule has 4 atom stereocenters. The van der Waals surface area contributed by atoms with Crippen molar-refractivity contribution in [3.05, 3.63) is 0 Å². The first-order valence-corrected chi connectivity index (χ1v) is 5.08. The van der Waals surface area contributed by atoms with Gasteiger partial charge in [-0.1, -0.05) is 0 Å². The van der Waals surface area contributed by atoms with Gasteiger partial charge < -0.3 is 14.6 Å². The van der Waals surface area contributed by atoms with Gasteiger partial charge in [-0.15, -0.1) is 0 Å². The third-order valence-electron chi connectivity index (χ3n) is 3.25. The Kier molecular flexibility index (Phi) is 2.65. The SMILES string of the molecule is COC(=O)C1CC2CC(CC1C(=O)O)O2. The van der Waals surface area contributed by atoms with Gasteiger partial charge >= 0.3 is 11.9 Å². The van der Waals surface area contributed by atoms with Crippen molar-refractivity contribution in [1.82, 2.24) is 0 Å². The monoisotopic (exact) mass is 214 g/mol. The van der Waals surface area contributed by atoms with Gasteiger partial charge in [-0.2, -0.15) is 0 Å². The van der Waals surface area contributed by atoms with Crippen molar-refractivity contribution < 1.29 is 24.2 Å². The molecule has 1 saturated carbocycles. The highest BCUT2D eigenvalue weighted by molar-refractivity contribution is 5.81. The van der Waals surface area contributed by atoms with Gasteiger partial charge in [0.05, 0.1) is 31.2 Å². The number of aliphatic carboxylic acids is 1. The Morgan fingerprint density at radius 1 is 1.20 bits per heavy atom. The average molecular weight is 214 g/mol. The maximum Gasteiger partial charge on any atom is 0.309 e. The van der Waals surface area contributed by atoms with E-state index in [-0.39, 0.29) is 12.2 Å². The lowest BCUT2D eigenvalue weighted by molar-refractivity contribution is -0.156.